The number of aryl methyl sites for hydroxylation is 2. The zero-order valence-corrected chi connectivity index (χ0v) is 16.2. The number of hydrogen-bond donors (Lipinski definition) is 1. The molecule has 1 aliphatic heterocycles. The molecule has 1 aliphatic rings. The van der Waals surface area contributed by atoms with Crippen LogP contribution in [0.4, 0.5) is 0 Å². The van der Waals surface area contributed by atoms with E-state index in [-0.39, 0.29) is 11.3 Å². The number of hydrogen-bond acceptors (Lipinski definition) is 4. The Balaban J connectivity index is 2.26. The van der Waals surface area contributed by atoms with Crippen LogP contribution in [-0.4, -0.2) is 38.5 Å². The Morgan fingerprint density at radius 2 is 1.81 bits per heavy atom. The highest BCUT2D eigenvalue weighted by Gasteiger charge is 2.44. The monoisotopic (exact) mass is 393 g/mol. The third-order valence-corrected chi connectivity index (χ3v) is 5.42. The maximum absolute atomic E-state index is 12.6. The van der Waals surface area contributed by atoms with Crippen LogP contribution in [0.1, 0.15) is 28.6 Å². The Morgan fingerprint density at radius 1 is 1.15 bits per heavy atom. The van der Waals surface area contributed by atoms with Crippen molar-refractivity contribution in [2.75, 3.05) is 7.05 Å². The molecule has 2 aromatic rings. The molecule has 1 aromatic heterocycles. The van der Waals surface area contributed by atoms with Gasteiger partial charge in [-0.25, -0.2) is 0 Å². The topological polar surface area (TPSA) is 75.4 Å². The van der Waals surface area contributed by atoms with E-state index in [1.54, 1.807) is 43.8 Å². The zero-order valence-electron chi connectivity index (χ0n) is 14.7. The smallest absolute Gasteiger partial charge is 0.295 e. The fraction of sp³-hybridized carbons (Fsp3) is 0.278. The number of likely N-dealkylation sites (N-methyl/N-ethyl adjacent to an activating group) is 1. The minimum atomic E-state index is -0.760. The lowest BCUT2D eigenvalue weighted by atomic mass is 9.95. The molecule has 1 N–H and O–H groups in total. The molecule has 6 nitrogen and oxygen atoms in total. The van der Waals surface area contributed by atoms with Gasteiger partial charge in [-0.05, 0) is 31.5 Å². The predicted molar refractivity (Wildman–Crippen MR) is 99.2 cm³/mol. The maximum atomic E-state index is 12.6. The average molecular weight is 394 g/mol. The number of carbonyl (C=O) groups excluding carboxylic acids is 2. The first-order chi connectivity index (χ1) is 12.1. The Kier molecular flexibility index (Phi) is 4.58. The van der Waals surface area contributed by atoms with E-state index < -0.39 is 17.7 Å². The van der Waals surface area contributed by atoms with Crippen LogP contribution in [-0.2, 0) is 16.6 Å². The van der Waals surface area contributed by atoms with Gasteiger partial charge < -0.3 is 10.0 Å². The third-order valence-electron chi connectivity index (χ3n) is 4.68. The van der Waals surface area contributed by atoms with Gasteiger partial charge in [-0.2, -0.15) is 5.10 Å². The van der Waals surface area contributed by atoms with Crippen LogP contribution in [0, 0.1) is 13.8 Å². The van der Waals surface area contributed by atoms with E-state index in [2.05, 4.69) is 5.10 Å². The van der Waals surface area contributed by atoms with Gasteiger partial charge in [0.15, 0.2) is 0 Å². The molecule has 0 aliphatic carbocycles. The fourth-order valence-corrected chi connectivity index (χ4v) is 3.58. The van der Waals surface area contributed by atoms with Gasteiger partial charge in [0.25, 0.3) is 11.7 Å². The number of halogens is 2. The number of ketones is 1. The van der Waals surface area contributed by atoms with E-state index in [0.29, 0.717) is 32.6 Å². The quantitative estimate of drug-likeness (QED) is 0.481. The molecule has 0 radical (unpaired) electrons. The fourth-order valence-electron chi connectivity index (χ4n) is 3.27. The second kappa shape index (κ2) is 6.45. The minimum Gasteiger partial charge on any atom is -0.507 e. The number of aliphatic hydroxyl groups is 1. The lowest BCUT2D eigenvalue weighted by molar-refractivity contribution is -0.139. The maximum Gasteiger partial charge on any atom is 0.295 e. The average Bonchev–Trinajstić information content (AvgIpc) is 2.97. The van der Waals surface area contributed by atoms with Gasteiger partial charge in [0, 0.05) is 19.8 Å². The predicted octanol–water partition coefficient (Wildman–Crippen LogP) is 3.40. The number of nitrogens with zero attached hydrogens (tertiary/aromatic N) is 3. The van der Waals surface area contributed by atoms with E-state index in [1.807, 2.05) is 0 Å². The summed E-state index contributed by atoms with van der Waals surface area (Å²) in [6, 6.07) is 4.10. The summed E-state index contributed by atoms with van der Waals surface area (Å²) in [6.45, 7) is 3.52. The standard InChI is InChI=1S/C18H17Cl2N3O3/c1-8-13(9(2)23(4)21-8)16(24)14-15(22(3)18(26)17(14)25)10-5-6-11(19)12(20)7-10/h5-7,15,24H,1-4H3/b16-14+. The van der Waals surface area contributed by atoms with Gasteiger partial charge in [0.1, 0.15) is 5.76 Å². The molecule has 1 amide bonds. The number of carbonyl (C=O) groups is 2. The number of aromatic nitrogens is 2. The molecule has 1 unspecified atom stereocenters. The highest BCUT2D eigenvalue weighted by Crippen LogP contribution is 2.40. The zero-order chi connectivity index (χ0) is 19.3. The van der Waals surface area contributed by atoms with E-state index in [9.17, 15) is 14.7 Å². The van der Waals surface area contributed by atoms with Crippen molar-refractivity contribution >= 4 is 40.7 Å². The van der Waals surface area contributed by atoms with Crippen LogP contribution in [0.5, 0.6) is 0 Å². The van der Waals surface area contributed by atoms with Crippen LogP contribution in [0.2, 0.25) is 10.0 Å². The molecule has 2 heterocycles. The highest BCUT2D eigenvalue weighted by molar-refractivity contribution is 6.46. The first-order valence-corrected chi connectivity index (χ1v) is 8.60. The summed E-state index contributed by atoms with van der Waals surface area (Å²) in [5.74, 6) is -1.68. The van der Waals surface area contributed by atoms with Crippen molar-refractivity contribution in [3.63, 3.8) is 0 Å². The number of benzene rings is 1. The molecule has 1 atom stereocenters. The molecular formula is C18H17Cl2N3O3. The van der Waals surface area contributed by atoms with Gasteiger partial charge in [0.05, 0.1) is 32.9 Å². The first-order valence-electron chi connectivity index (χ1n) is 7.85. The summed E-state index contributed by atoms with van der Waals surface area (Å²) in [4.78, 5) is 26.2. The lowest BCUT2D eigenvalue weighted by Crippen LogP contribution is -2.24. The van der Waals surface area contributed by atoms with Gasteiger partial charge in [-0.1, -0.05) is 29.3 Å². The molecule has 1 saturated heterocycles. The second-order valence-corrected chi connectivity index (χ2v) is 7.07. The van der Waals surface area contributed by atoms with Gasteiger partial charge in [0.2, 0.25) is 0 Å². The summed E-state index contributed by atoms with van der Waals surface area (Å²) in [5, 5.41) is 15.9. The van der Waals surface area contributed by atoms with Crippen molar-refractivity contribution in [3.05, 3.63) is 56.3 Å². The van der Waals surface area contributed by atoms with Gasteiger partial charge in [-0.3, -0.25) is 14.3 Å². The van der Waals surface area contributed by atoms with Gasteiger partial charge in [-0.15, -0.1) is 0 Å². The first kappa shape index (κ1) is 18.5. The molecule has 26 heavy (non-hydrogen) atoms. The number of aliphatic hydroxyl groups excluding tert-OH is 1. The number of Topliss-reactive ketones (excluding diaryl/α,β-unsaturated/α-hetero) is 1. The normalized spacial score (nSPS) is 19.5. The van der Waals surface area contributed by atoms with Crippen LogP contribution >= 0.6 is 23.2 Å². The molecule has 0 bridgehead atoms. The SMILES string of the molecule is Cc1nn(C)c(C)c1/C(O)=C1\C(=O)C(=O)N(C)C1c1ccc(Cl)c(Cl)c1. The number of likely N-dealkylation sites (tertiary alicyclic amines) is 1. The van der Waals surface area contributed by atoms with Crippen LogP contribution < -0.4 is 0 Å². The summed E-state index contributed by atoms with van der Waals surface area (Å²) in [6.07, 6.45) is 0. The third kappa shape index (κ3) is 2.70. The molecule has 1 aromatic carbocycles. The van der Waals surface area contributed by atoms with Crippen molar-refractivity contribution < 1.29 is 14.7 Å². The molecule has 8 heteroatoms. The van der Waals surface area contributed by atoms with E-state index in [0.717, 1.165) is 0 Å². The summed E-state index contributed by atoms with van der Waals surface area (Å²) in [5.41, 5.74) is 2.30. The summed E-state index contributed by atoms with van der Waals surface area (Å²) >= 11 is 12.1. The van der Waals surface area contributed by atoms with Crippen molar-refractivity contribution in [1.29, 1.82) is 0 Å². The van der Waals surface area contributed by atoms with Crippen LogP contribution in [0.3, 0.4) is 0 Å². The van der Waals surface area contributed by atoms with Crippen LogP contribution in [0.15, 0.2) is 23.8 Å². The second-order valence-electron chi connectivity index (χ2n) is 6.25. The minimum absolute atomic E-state index is 0.00934. The lowest BCUT2D eigenvalue weighted by Gasteiger charge is -2.21. The Morgan fingerprint density at radius 3 is 2.35 bits per heavy atom. The molecule has 0 saturated carbocycles. The summed E-state index contributed by atoms with van der Waals surface area (Å²) in [7, 11) is 3.25. The molecule has 1 fully saturated rings. The van der Waals surface area contributed by atoms with Gasteiger partial charge >= 0.3 is 0 Å². The van der Waals surface area contributed by atoms with Crippen molar-refractivity contribution in [1.82, 2.24) is 14.7 Å². The van der Waals surface area contributed by atoms with Crippen LogP contribution in [0.25, 0.3) is 5.76 Å². The van der Waals surface area contributed by atoms with Crippen molar-refractivity contribution in [2.45, 2.75) is 19.9 Å². The largest absolute Gasteiger partial charge is 0.507 e. The molecule has 0 spiro atoms. The Bertz CT molecular complexity index is 978. The summed E-state index contributed by atoms with van der Waals surface area (Å²) < 4.78 is 1.61. The highest BCUT2D eigenvalue weighted by atomic mass is 35.5. The van der Waals surface area contributed by atoms with E-state index in [1.165, 1.54) is 11.9 Å². The molecule has 136 valence electrons. The molecular weight excluding hydrogens is 377 g/mol. The Labute approximate surface area is 160 Å². The Hall–Kier alpha value is -2.31. The van der Waals surface area contributed by atoms with Crippen molar-refractivity contribution in [2.24, 2.45) is 7.05 Å². The van der Waals surface area contributed by atoms with E-state index >= 15 is 0 Å². The van der Waals surface area contributed by atoms with Crippen molar-refractivity contribution in [3.8, 4) is 0 Å². The molecule has 3 rings (SSSR count). The van der Waals surface area contributed by atoms with E-state index in [4.69, 9.17) is 23.2 Å². The number of rotatable bonds is 2. The number of amides is 1.